The van der Waals surface area contributed by atoms with Crippen LogP contribution in [0.15, 0.2) is 48.5 Å². The summed E-state index contributed by atoms with van der Waals surface area (Å²) in [7, 11) is 1.66. The Hall–Kier alpha value is -2.49. The molecule has 1 amide bonds. The summed E-state index contributed by atoms with van der Waals surface area (Å²) in [5.41, 5.74) is 1.97. The van der Waals surface area contributed by atoms with E-state index in [0.29, 0.717) is 12.5 Å². The van der Waals surface area contributed by atoms with Gasteiger partial charge in [-0.2, -0.15) is 0 Å². The molecular weight excluding hydrogens is 326 g/mol. The van der Waals surface area contributed by atoms with Gasteiger partial charge in [-0.3, -0.25) is 4.79 Å². The molecule has 1 saturated heterocycles. The van der Waals surface area contributed by atoms with E-state index >= 15 is 0 Å². The summed E-state index contributed by atoms with van der Waals surface area (Å²) in [6.07, 6.45) is 3.12. The van der Waals surface area contributed by atoms with Gasteiger partial charge < -0.3 is 14.4 Å². The Morgan fingerprint density at radius 2 is 1.62 bits per heavy atom. The molecule has 4 nitrogen and oxygen atoms in total. The lowest BCUT2D eigenvalue weighted by molar-refractivity contribution is 0.0680. The normalized spacial score (nSPS) is 14.9. The van der Waals surface area contributed by atoms with E-state index in [4.69, 9.17) is 9.47 Å². The van der Waals surface area contributed by atoms with E-state index < -0.39 is 0 Å². The maximum absolute atomic E-state index is 12.6. The summed E-state index contributed by atoms with van der Waals surface area (Å²) in [4.78, 5) is 14.5. The minimum absolute atomic E-state index is 0.151. The molecule has 2 aromatic rings. The first kappa shape index (κ1) is 18.3. The van der Waals surface area contributed by atoms with Crippen LogP contribution in [0.25, 0.3) is 0 Å². The molecule has 1 aliphatic rings. The van der Waals surface area contributed by atoms with Gasteiger partial charge in [-0.15, -0.1) is 0 Å². The first-order chi connectivity index (χ1) is 12.7. The predicted octanol–water partition coefficient (Wildman–Crippen LogP) is 4.32. The second-order valence-electron chi connectivity index (χ2n) is 6.91. The molecule has 2 aromatic carbocycles. The van der Waals surface area contributed by atoms with Gasteiger partial charge in [0.05, 0.1) is 13.7 Å². The average molecular weight is 353 g/mol. The molecule has 0 N–H and O–H groups in total. The fourth-order valence-electron chi connectivity index (χ4n) is 3.32. The van der Waals surface area contributed by atoms with Crippen LogP contribution in [0.3, 0.4) is 0 Å². The second-order valence-corrected chi connectivity index (χ2v) is 6.91. The van der Waals surface area contributed by atoms with Gasteiger partial charge in [-0.05, 0) is 68.5 Å². The van der Waals surface area contributed by atoms with Crippen LogP contribution in [0.5, 0.6) is 11.5 Å². The quantitative estimate of drug-likeness (QED) is 0.776. The van der Waals surface area contributed by atoms with E-state index in [1.54, 1.807) is 7.11 Å². The van der Waals surface area contributed by atoms with Gasteiger partial charge in [0, 0.05) is 18.7 Å². The zero-order valence-corrected chi connectivity index (χ0v) is 15.6. The molecule has 3 rings (SSSR count). The first-order valence-corrected chi connectivity index (χ1v) is 9.28. The van der Waals surface area contributed by atoms with Crippen molar-refractivity contribution in [3.8, 4) is 11.5 Å². The SMILES string of the molecule is COc1ccc(OCCC2CCN(C(=O)c3ccc(C)cc3)CC2)cc1. The summed E-state index contributed by atoms with van der Waals surface area (Å²) < 4.78 is 11.0. The summed E-state index contributed by atoms with van der Waals surface area (Å²) in [6, 6.07) is 15.5. The molecule has 0 radical (unpaired) electrons. The lowest BCUT2D eigenvalue weighted by Crippen LogP contribution is -2.38. The highest BCUT2D eigenvalue weighted by molar-refractivity contribution is 5.94. The summed E-state index contributed by atoms with van der Waals surface area (Å²) in [5.74, 6) is 2.48. The van der Waals surface area contributed by atoms with Gasteiger partial charge >= 0.3 is 0 Å². The summed E-state index contributed by atoms with van der Waals surface area (Å²) >= 11 is 0. The molecule has 0 aliphatic carbocycles. The van der Waals surface area contributed by atoms with Crippen molar-refractivity contribution in [2.75, 3.05) is 26.8 Å². The Bertz CT molecular complexity index is 701. The van der Waals surface area contributed by atoms with Crippen molar-refractivity contribution in [3.05, 3.63) is 59.7 Å². The van der Waals surface area contributed by atoms with Crippen molar-refractivity contribution in [3.63, 3.8) is 0 Å². The Balaban J connectivity index is 1.40. The molecule has 26 heavy (non-hydrogen) atoms. The number of hydrogen-bond acceptors (Lipinski definition) is 3. The molecule has 4 heteroatoms. The molecule has 0 bridgehead atoms. The molecular formula is C22H27NO3. The number of ether oxygens (including phenoxy) is 2. The highest BCUT2D eigenvalue weighted by Crippen LogP contribution is 2.23. The Kier molecular flexibility index (Phi) is 6.16. The zero-order valence-electron chi connectivity index (χ0n) is 15.6. The lowest BCUT2D eigenvalue weighted by atomic mass is 9.93. The van der Waals surface area contributed by atoms with Crippen molar-refractivity contribution < 1.29 is 14.3 Å². The number of methoxy groups -OCH3 is 1. The monoisotopic (exact) mass is 353 g/mol. The second kappa shape index (κ2) is 8.75. The van der Waals surface area contributed by atoms with E-state index in [1.165, 1.54) is 5.56 Å². The van der Waals surface area contributed by atoms with Crippen LogP contribution in [0.2, 0.25) is 0 Å². The van der Waals surface area contributed by atoms with Crippen LogP contribution in [0.1, 0.15) is 35.2 Å². The Morgan fingerprint density at radius 1 is 1.00 bits per heavy atom. The number of aryl methyl sites for hydroxylation is 1. The Labute approximate surface area is 155 Å². The maximum atomic E-state index is 12.6. The fraction of sp³-hybridized carbons (Fsp3) is 0.409. The third kappa shape index (κ3) is 4.78. The van der Waals surface area contributed by atoms with E-state index in [0.717, 1.165) is 49.4 Å². The van der Waals surface area contributed by atoms with E-state index in [-0.39, 0.29) is 5.91 Å². The topological polar surface area (TPSA) is 38.8 Å². The molecule has 1 fully saturated rings. The first-order valence-electron chi connectivity index (χ1n) is 9.28. The van der Waals surface area contributed by atoms with Gasteiger partial charge in [0.15, 0.2) is 0 Å². The van der Waals surface area contributed by atoms with Gasteiger partial charge in [-0.25, -0.2) is 0 Å². The minimum atomic E-state index is 0.151. The predicted molar refractivity (Wildman–Crippen MR) is 103 cm³/mol. The molecule has 138 valence electrons. The number of carbonyl (C=O) groups is 1. The molecule has 0 atom stereocenters. The van der Waals surface area contributed by atoms with E-state index in [9.17, 15) is 4.79 Å². The van der Waals surface area contributed by atoms with Crippen molar-refractivity contribution in [1.82, 2.24) is 4.90 Å². The highest BCUT2D eigenvalue weighted by Gasteiger charge is 2.23. The Morgan fingerprint density at radius 3 is 2.23 bits per heavy atom. The molecule has 0 aromatic heterocycles. The smallest absolute Gasteiger partial charge is 0.253 e. The van der Waals surface area contributed by atoms with Crippen molar-refractivity contribution in [2.24, 2.45) is 5.92 Å². The summed E-state index contributed by atoms with van der Waals surface area (Å²) in [5, 5.41) is 0. The number of nitrogens with zero attached hydrogens (tertiary/aromatic N) is 1. The van der Waals surface area contributed by atoms with Crippen molar-refractivity contribution in [1.29, 1.82) is 0 Å². The van der Waals surface area contributed by atoms with Crippen molar-refractivity contribution in [2.45, 2.75) is 26.2 Å². The summed E-state index contributed by atoms with van der Waals surface area (Å²) in [6.45, 7) is 4.41. The van der Waals surface area contributed by atoms with Crippen LogP contribution in [-0.2, 0) is 0 Å². The van der Waals surface area contributed by atoms with Gasteiger partial charge in [0.25, 0.3) is 5.91 Å². The minimum Gasteiger partial charge on any atom is -0.497 e. The number of carbonyl (C=O) groups excluding carboxylic acids is 1. The van der Waals surface area contributed by atoms with Crippen LogP contribution in [0.4, 0.5) is 0 Å². The zero-order chi connectivity index (χ0) is 18.4. The van der Waals surface area contributed by atoms with Crippen LogP contribution in [0, 0.1) is 12.8 Å². The largest absolute Gasteiger partial charge is 0.497 e. The van der Waals surface area contributed by atoms with E-state index in [1.807, 2.05) is 60.4 Å². The highest BCUT2D eigenvalue weighted by atomic mass is 16.5. The van der Waals surface area contributed by atoms with Crippen LogP contribution in [-0.4, -0.2) is 37.6 Å². The number of benzene rings is 2. The third-order valence-electron chi connectivity index (χ3n) is 5.05. The fourth-order valence-corrected chi connectivity index (χ4v) is 3.32. The van der Waals surface area contributed by atoms with Crippen LogP contribution < -0.4 is 9.47 Å². The number of hydrogen-bond donors (Lipinski definition) is 0. The standard InChI is InChI=1S/C22H27NO3/c1-17-3-5-19(6-4-17)22(24)23-14-11-18(12-15-23)13-16-26-21-9-7-20(25-2)8-10-21/h3-10,18H,11-16H2,1-2H3. The van der Waals surface area contributed by atoms with Gasteiger partial charge in [0.2, 0.25) is 0 Å². The molecule has 0 unspecified atom stereocenters. The number of piperidine rings is 1. The van der Waals surface area contributed by atoms with Gasteiger partial charge in [0.1, 0.15) is 11.5 Å². The molecule has 1 heterocycles. The number of rotatable bonds is 6. The number of likely N-dealkylation sites (tertiary alicyclic amines) is 1. The van der Waals surface area contributed by atoms with Crippen molar-refractivity contribution >= 4 is 5.91 Å². The third-order valence-corrected chi connectivity index (χ3v) is 5.05. The van der Waals surface area contributed by atoms with Gasteiger partial charge in [-0.1, -0.05) is 17.7 Å². The number of amides is 1. The lowest BCUT2D eigenvalue weighted by Gasteiger charge is -2.32. The molecule has 1 aliphatic heterocycles. The molecule has 0 spiro atoms. The van der Waals surface area contributed by atoms with E-state index in [2.05, 4.69) is 0 Å². The maximum Gasteiger partial charge on any atom is 0.253 e. The average Bonchev–Trinajstić information content (AvgIpc) is 2.69. The molecule has 0 saturated carbocycles. The van der Waals surface area contributed by atoms with Crippen LogP contribution >= 0.6 is 0 Å².